The summed E-state index contributed by atoms with van der Waals surface area (Å²) in [4.78, 5) is 28.9. The largest absolute Gasteiger partial charge is 0.348 e. The van der Waals surface area contributed by atoms with E-state index in [-0.39, 0.29) is 11.8 Å². The molecule has 1 heterocycles. The second-order valence-corrected chi connectivity index (χ2v) is 6.64. The van der Waals surface area contributed by atoms with Gasteiger partial charge in [0.2, 0.25) is 0 Å². The first-order chi connectivity index (χ1) is 13.5. The quantitative estimate of drug-likeness (QED) is 0.682. The van der Waals surface area contributed by atoms with Gasteiger partial charge in [0, 0.05) is 24.6 Å². The van der Waals surface area contributed by atoms with E-state index in [0.29, 0.717) is 23.4 Å². The Morgan fingerprint density at radius 3 is 2.29 bits per heavy atom. The Kier molecular flexibility index (Phi) is 6.17. The second-order valence-electron chi connectivity index (χ2n) is 6.64. The number of nitrogens with zero attached hydrogens (tertiary/aromatic N) is 1. The molecule has 142 valence electrons. The van der Waals surface area contributed by atoms with Crippen molar-refractivity contribution in [3.05, 3.63) is 94.8 Å². The van der Waals surface area contributed by atoms with Crippen molar-refractivity contribution in [2.75, 3.05) is 5.32 Å². The third-order valence-electron chi connectivity index (χ3n) is 4.42. The van der Waals surface area contributed by atoms with Crippen LogP contribution in [0.15, 0.2) is 67.0 Å². The number of benzene rings is 2. The third kappa shape index (κ3) is 5.04. The van der Waals surface area contributed by atoms with Crippen LogP contribution in [0.3, 0.4) is 0 Å². The van der Waals surface area contributed by atoms with Crippen LogP contribution in [-0.4, -0.2) is 16.8 Å². The molecule has 0 atom stereocenters. The van der Waals surface area contributed by atoms with Crippen LogP contribution in [0, 0.1) is 6.92 Å². The average Bonchev–Trinajstić information content (AvgIpc) is 2.72. The van der Waals surface area contributed by atoms with E-state index < -0.39 is 0 Å². The minimum absolute atomic E-state index is 0.268. The number of aromatic nitrogens is 1. The number of hydrogen-bond donors (Lipinski definition) is 2. The van der Waals surface area contributed by atoms with Gasteiger partial charge in [-0.05, 0) is 42.7 Å². The summed E-state index contributed by atoms with van der Waals surface area (Å²) in [5, 5.41) is 5.69. The van der Waals surface area contributed by atoms with Crippen molar-refractivity contribution in [2.45, 2.75) is 26.8 Å². The maximum atomic E-state index is 12.5. The summed E-state index contributed by atoms with van der Waals surface area (Å²) in [6.07, 6.45) is 3.85. The highest BCUT2D eigenvalue weighted by Gasteiger charge is 2.12. The van der Waals surface area contributed by atoms with E-state index in [1.54, 1.807) is 6.07 Å². The first-order valence-corrected chi connectivity index (χ1v) is 9.24. The van der Waals surface area contributed by atoms with E-state index in [0.717, 1.165) is 17.5 Å². The number of carbonyl (C=O) groups is 2. The molecule has 0 bridgehead atoms. The van der Waals surface area contributed by atoms with Gasteiger partial charge < -0.3 is 10.6 Å². The standard InChI is InChI=1S/C23H23N3O2/c1-3-17-7-9-21(10-8-17)26-23(28)20-12-19(14-24-15-20)22(27)25-13-18-6-4-5-16(2)11-18/h4-12,14-15H,3,13H2,1-2H3,(H,25,27)(H,26,28). The number of pyridine rings is 1. The molecule has 2 N–H and O–H groups in total. The van der Waals surface area contributed by atoms with Crippen LogP contribution < -0.4 is 10.6 Å². The summed E-state index contributed by atoms with van der Waals surface area (Å²) in [6, 6.07) is 17.2. The molecule has 5 nitrogen and oxygen atoms in total. The lowest BCUT2D eigenvalue weighted by molar-refractivity contribution is 0.0950. The van der Waals surface area contributed by atoms with Crippen LogP contribution in [0.5, 0.6) is 0 Å². The van der Waals surface area contributed by atoms with Gasteiger partial charge >= 0.3 is 0 Å². The minimum Gasteiger partial charge on any atom is -0.348 e. The molecule has 0 saturated heterocycles. The van der Waals surface area contributed by atoms with Crippen LogP contribution in [-0.2, 0) is 13.0 Å². The molecule has 0 fully saturated rings. The first kappa shape index (κ1) is 19.3. The van der Waals surface area contributed by atoms with Crippen molar-refractivity contribution >= 4 is 17.5 Å². The molecule has 2 amide bonds. The number of nitrogens with one attached hydrogen (secondary N) is 2. The highest BCUT2D eigenvalue weighted by molar-refractivity contribution is 6.05. The Hall–Kier alpha value is -3.47. The van der Waals surface area contributed by atoms with Crippen molar-refractivity contribution in [1.82, 2.24) is 10.3 Å². The summed E-state index contributed by atoms with van der Waals surface area (Å²) in [7, 11) is 0. The average molecular weight is 373 g/mol. The SMILES string of the molecule is CCc1ccc(NC(=O)c2cncc(C(=O)NCc3cccc(C)c3)c2)cc1. The second kappa shape index (κ2) is 8.95. The maximum absolute atomic E-state index is 12.5. The number of hydrogen-bond acceptors (Lipinski definition) is 3. The van der Waals surface area contributed by atoms with E-state index in [9.17, 15) is 9.59 Å². The topological polar surface area (TPSA) is 71.1 Å². The predicted molar refractivity (Wildman–Crippen MR) is 110 cm³/mol. The Bertz CT molecular complexity index is 981. The number of anilines is 1. The molecule has 28 heavy (non-hydrogen) atoms. The van der Waals surface area contributed by atoms with Crippen molar-refractivity contribution in [3.63, 3.8) is 0 Å². The molecule has 3 aromatic rings. The van der Waals surface area contributed by atoms with Gasteiger partial charge in [-0.3, -0.25) is 14.6 Å². The Balaban J connectivity index is 1.65. The lowest BCUT2D eigenvalue weighted by atomic mass is 10.1. The van der Waals surface area contributed by atoms with Gasteiger partial charge in [-0.1, -0.05) is 48.9 Å². The minimum atomic E-state index is -0.301. The monoisotopic (exact) mass is 373 g/mol. The zero-order valence-corrected chi connectivity index (χ0v) is 16.0. The molecular weight excluding hydrogens is 350 g/mol. The Labute approximate surface area is 164 Å². The lowest BCUT2D eigenvalue weighted by Gasteiger charge is -2.08. The summed E-state index contributed by atoms with van der Waals surface area (Å²) in [5.41, 5.74) is 4.75. The summed E-state index contributed by atoms with van der Waals surface area (Å²) in [5.74, 6) is -0.568. The van der Waals surface area contributed by atoms with E-state index in [4.69, 9.17) is 0 Å². The molecule has 3 rings (SSSR count). The zero-order chi connectivity index (χ0) is 19.9. The van der Waals surface area contributed by atoms with Crippen LogP contribution in [0.25, 0.3) is 0 Å². The van der Waals surface area contributed by atoms with Gasteiger partial charge in [-0.25, -0.2) is 0 Å². The molecule has 1 aromatic heterocycles. The van der Waals surface area contributed by atoms with Crippen molar-refractivity contribution in [2.24, 2.45) is 0 Å². The predicted octanol–water partition coefficient (Wildman–Crippen LogP) is 4.13. The number of amides is 2. The number of carbonyl (C=O) groups excluding carboxylic acids is 2. The molecule has 0 aliphatic carbocycles. The Morgan fingerprint density at radius 2 is 1.61 bits per heavy atom. The first-order valence-electron chi connectivity index (χ1n) is 9.24. The van der Waals surface area contributed by atoms with Crippen molar-refractivity contribution in [3.8, 4) is 0 Å². The molecule has 0 aliphatic rings. The van der Waals surface area contributed by atoms with Gasteiger partial charge in [0.1, 0.15) is 0 Å². The van der Waals surface area contributed by atoms with Crippen LogP contribution in [0.2, 0.25) is 0 Å². The Morgan fingerprint density at radius 1 is 0.893 bits per heavy atom. The molecule has 0 unspecified atom stereocenters. The summed E-state index contributed by atoms with van der Waals surface area (Å²) < 4.78 is 0. The summed E-state index contributed by atoms with van der Waals surface area (Å²) >= 11 is 0. The normalized spacial score (nSPS) is 10.4. The van der Waals surface area contributed by atoms with Gasteiger partial charge in [0.15, 0.2) is 0 Å². The van der Waals surface area contributed by atoms with E-state index in [1.807, 2.05) is 55.5 Å². The van der Waals surface area contributed by atoms with Crippen LogP contribution in [0.1, 0.15) is 44.3 Å². The van der Waals surface area contributed by atoms with Gasteiger partial charge in [0.25, 0.3) is 11.8 Å². The van der Waals surface area contributed by atoms with Gasteiger partial charge in [-0.15, -0.1) is 0 Å². The molecule has 0 aliphatic heterocycles. The van der Waals surface area contributed by atoms with Crippen LogP contribution in [0.4, 0.5) is 5.69 Å². The fourth-order valence-corrected chi connectivity index (χ4v) is 2.82. The zero-order valence-electron chi connectivity index (χ0n) is 16.0. The smallest absolute Gasteiger partial charge is 0.257 e. The lowest BCUT2D eigenvalue weighted by Crippen LogP contribution is -2.23. The fraction of sp³-hybridized carbons (Fsp3) is 0.174. The summed E-state index contributed by atoms with van der Waals surface area (Å²) in [6.45, 7) is 4.50. The highest BCUT2D eigenvalue weighted by atomic mass is 16.2. The van der Waals surface area contributed by atoms with E-state index in [2.05, 4.69) is 22.5 Å². The number of rotatable bonds is 6. The van der Waals surface area contributed by atoms with Gasteiger partial charge in [0.05, 0.1) is 11.1 Å². The third-order valence-corrected chi connectivity index (χ3v) is 4.42. The van der Waals surface area contributed by atoms with Crippen molar-refractivity contribution < 1.29 is 9.59 Å². The molecular formula is C23H23N3O2. The van der Waals surface area contributed by atoms with Crippen LogP contribution >= 0.6 is 0 Å². The maximum Gasteiger partial charge on any atom is 0.257 e. The fourth-order valence-electron chi connectivity index (χ4n) is 2.82. The molecule has 0 saturated carbocycles. The van der Waals surface area contributed by atoms with E-state index >= 15 is 0 Å². The molecule has 5 heteroatoms. The number of aryl methyl sites for hydroxylation is 2. The molecule has 2 aromatic carbocycles. The molecule has 0 spiro atoms. The molecule has 0 radical (unpaired) electrons. The highest BCUT2D eigenvalue weighted by Crippen LogP contribution is 2.12. The van der Waals surface area contributed by atoms with Crippen molar-refractivity contribution in [1.29, 1.82) is 0 Å². The van der Waals surface area contributed by atoms with Gasteiger partial charge in [-0.2, -0.15) is 0 Å². The van der Waals surface area contributed by atoms with E-state index in [1.165, 1.54) is 18.0 Å².